The van der Waals surface area contributed by atoms with Gasteiger partial charge in [0.25, 0.3) is 0 Å². The van der Waals surface area contributed by atoms with Crippen LogP contribution >= 0.6 is 0 Å². The number of nitrogens with one attached hydrogen (secondary N) is 1. The van der Waals surface area contributed by atoms with Gasteiger partial charge in [0.05, 0.1) is 25.1 Å². The Kier molecular flexibility index (Phi) is 8.53. The molecule has 7 nitrogen and oxygen atoms in total. The second kappa shape index (κ2) is 10.9. The molecular weight excluding hydrogens is 404 g/mol. The molecule has 164 valence electrons. The number of hydrogen-bond donors (Lipinski definition) is 1. The van der Waals surface area contributed by atoms with Crippen molar-refractivity contribution in [2.45, 2.75) is 32.7 Å². The summed E-state index contributed by atoms with van der Waals surface area (Å²) in [7, 11) is -1.83. The first-order chi connectivity index (χ1) is 14.2. The van der Waals surface area contributed by atoms with Crippen molar-refractivity contribution >= 4 is 21.6 Å². The van der Waals surface area contributed by atoms with E-state index in [-0.39, 0.29) is 24.9 Å². The van der Waals surface area contributed by atoms with Gasteiger partial charge in [-0.3, -0.25) is 9.10 Å². The minimum Gasteiger partial charge on any atom is -0.497 e. The Morgan fingerprint density at radius 3 is 2.33 bits per heavy atom. The Labute approximate surface area is 179 Å². The van der Waals surface area contributed by atoms with Crippen molar-refractivity contribution < 1.29 is 22.7 Å². The zero-order valence-electron chi connectivity index (χ0n) is 17.9. The van der Waals surface area contributed by atoms with Crippen molar-refractivity contribution in [2.75, 3.05) is 30.8 Å². The average Bonchev–Trinajstić information content (AvgIpc) is 2.70. The number of benzene rings is 2. The van der Waals surface area contributed by atoms with Gasteiger partial charge < -0.3 is 14.8 Å². The van der Waals surface area contributed by atoms with Gasteiger partial charge in [-0.15, -0.1) is 0 Å². The molecule has 0 bridgehead atoms. The van der Waals surface area contributed by atoms with Gasteiger partial charge in [-0.2, -0.15) is 0 Å². The molecule has 1 N–H and O–H groups in total. The highest BCUT2D eigenvalue weighted by molar-refractivity contribution is 7.92. The van der Waals surface area contributed by atoms with E-state index in [4.69, 9.17) is 9.47 Å². The summed E-state index contributed by atoms with van der Waals surface area (Å²) in [4.78, 5) is 12.2. The fourth-order valence-electron chi connectivity index (χ4n) is 2.97. The third kappa shape index (κ3) is 7.26. The van der Waals surface area contributed by atoms with Crippen LogP contribution in [0, 0.1) is 6.92 Å². The number of amides is 1. The van der Waals surface area contributed by atoms with E-state index in [1.165, 1.54) is 10.6 Å². The summed E-state index contributed by atoms with van der Waals surface area (Å²) in [6, 6.07) is 14.3. The van der Waals surface area contributed by atoms with Crippen LogP contribution in [0.5, 0.6) is 11.5 Å². The molecule has 0 spiro atoms. The van der Waals surface area contributed by atoms with E-state index in [9.17, 15) is 13.2 Å². The largest absolute Gasteiger partial charge is 0.497 e. The maximum atomic E-state index is 12.2. The van der Waals surface area contributed by atoms with Crippen LogP contribution in [0.4, 0.5) is 5.69 Å². The third-order valence-corrected chi connectivity index (χ3v) is 5.70. The second-order valence-corrected chi connectivity index (χ2v) is 9.09. The highest BCUT2D eigenvalue weighted by atomic mass is 32.2. The lowest BCUT2D eigenvalue weighted by Gasteiger charge is -2.24. The molecule has 0 saturated heterocycles. The van der Waals surface area contributed by atoms with Crippen molar-refractivity contribution in [1.82, 2.24) is 5.32 Å². The second-order valence-electron chi connectivity index (χ2n) is 7.18. The van der Waals surface area contributed by atoms with Crippen LogP contribution in [-0.2, 0) is 14.8 Å². The summed E-state index contributed by atoms with van der Waals surface area (Å²) < 4.78 is 36.5. The molecule has 2 aromatic carbocycles. The molecule has 0 aliphatic carbocycles. The van der Waals surface area contributed by atoms with Crippen LogP contribution in [0.25, 0.3) is 0 Å². The van der Waals surface area contributed by atoms with E-state index in [1.54, 1.807) is 43.5 Å². The fourth-order valence-corrected chi connectivity index (χ4v) is 4.00. The van der Waals surface area contributed by atoms with E-state index < -0.39 is 10.0 Å². The summed E-state index contributed by atoms with van der Waals surface area (Å²) >= 11 is 0. The van der Waals surface area contributed by atoms with E-state index in [1.807, 2.05) is 26.0 Å². The van der Waals surface area contributed by atoms with Crippen LogP contribution in [0.1, 0.15) is 25.3 Å². The lowest BCUT2D eigenvalue weighted by Crippen LogP contribution is -2.37. The van der Waals surface area contributed by atoms with Crippen LogP contribution < -0.4 is 19.1 Å². The molecule has 8 heteroatoms. The van der Waals surface area contributed by atoms with Crippen molar-refractivity contribution in [3.05, 3.63) is 54.1 Å². The number of anilines is 1. The number of para-hydroxylation sites is 1. The van der Waals surface area contributed by atoms with Gasteiger partial charge >= 0.3 is 0 Å². The van der Waals surface area contributed by atoms with E-state index in [0.717, 1.165) is 11.3 Å². The molecule has 0 heterocycles. The molecule has 0 aliphatic rings. The van der Waals surface area contributed by atoms with Gasteiger partial charge in [-0.05, 0) is 56.2 Å². The highest BCUT2D eigenvalue weighted by Crippen LogP contribution is 2.22. The topological polar surface area (TPSA) is 84.9 Å². The first kappa shape index (κ1) is 23.5. The number of methoxy groups -OCH3 is 1. The van der Waals surface area contributed by atoms with Crippen molar-refractivity contribution in [2.24, 2.45) is 0 Å². The number of carbonyl (C=O) groups is 1. The minimum atomic E-state index is -3.43. The molecule has 1 atom stereocenters. The fraction of sp³-hybridized carbons (Fsp3) is 0.409. The van der Waals surface area contributed by atoms with Crippen molar-refractivity contribution in [1.29, 1.82) is 0 Å². The number of rotatable bonds is 11. The molecule has 0 aliphatic heterocycles. The number of aryl methyl sites for hydroxylation is 1. The van der Waals surface area contributed by atoms with Gasteiger partial charge in [0.2, 0.25) is 15.9 Å². The lowest BCUT2D eigenvalue weighted by molar-refractivity contribution is -0.121. The quantitative estimate of drug-likeness (QED) is 0.587. The molecular formula is C22H30N2O5S. The molecule has 2 rings (SSSR count). The minimum absolute atomic E-state index is 0.140. The number of carbonyl (C=O) groups excluding carboxylic acids is 1. The Balaban J connectivity index is 1.80. The Bertz CT molecular complexity index is 929. The number of sulfonamides is 1. The van der Waals surface area contributed by atoms with Crippen LogP contribution in [0.15, 0.2) is 48.5 Å². The van der Waals surface area contributed by atoms with E-state index in [2.05, 4.69) is 5.32 Å². The molecule has 2 aromatic rings. The molecule has 0 saturated carbocycles. The van der Waals surface area contributed by atoms with E-state index in [0.29, 0.717) is 24.5 Å². The maximum Gasteiger partial charge on any atom is 0.232 e. The summed E-state index contributed by atoms with van der Waals surface area (Å²) in [5.41, 5.74) is 1.51. The van der Waals surface area contributed by atoms with Crippen molar-refractivity contribution in [3.8, 4) is 11.5 Å². The highest BCUT2D eigenvalue weighted by Gasteiger charge is 2.19. The number of hydrogen-bond acceptors (Lipinski definition) is 5. The SMILES string of the molecule is COc1ccc(OC[C@H](C)NC(=O)CCCN(c2ccccc2C)S(C)(=O)=O)cc1. The van der Waals surface area contributed by atoms with Gasteiger partial charge in [0.15, 0.2) is 0 Å². The molecule has 0 fully saturated rings. The average molecular weight is 435 g/mol. The maximum absolute atomic E-state index is 12.2. The number of nitrogens with zero attached hydrogens (tertiary/aromatic N) is 1. The van der Waals surface area contributed by atoms with Crippen LogP contribution in [0.3, 0.4) is 0 Å². The number of ether oxygens (including phenoxy) is 2. The van der Waals surface area contributed by atoms with Gasteiger partial charge in [0.1, 0.15) is 18.1 Å². The summed E-state index contributed by atoms with van der Waals surface area (Å²) in [5, 5.41) is 2.88. The molecule has 0 aromatic heterocycles. The third-order valence-electron chi connectivity index (χ3n) is 4.52. The standard InChI is InChI=1S/C22H30N2O5S/c1-17-8-5-6-9-21(17)24(30(4,26)27)15-7-10-22(25)23-18(2)16-29-20-13-11-19(28-3)12-14-20/h5-6,8-9,11-14,18H,7,10,15-16H2,1-4H3,(H,23,25)/t18-/m0/s1. The lowest BCUT2D eigenvalue weighted by atomic mass is 10.2. The monoisotopic (exact) mass is 434 g/mol. The molecule has 1 amide bonds. The van der Waals surface area contributed by atoms with Gasteiger partial charge in [-0.25, -0.2) is 8.42 Å². The molecule has 30 heavy (non-hydrogen) atoms. The zero-order valence-corrected chi connectivity index (χ0v) is 18.7. The van der Waals surface area contributed by atoms with Crippen molar-refractivity contribution in [3.63, 3.8) is 0 Å². The molecule has 0 unspecified atom stereocenters. The first-order valence-electron chi connectivity index (χ1n) is 9.80. The normalized spacial score (nSPS) is 12.1. The van der Waals surface area contributed by atoms with Crippen LogP contribution in [0.2, 0.25) is 0 Å². The summed E-state index contributed by atoms with van der Waals surface area (Å²) in [6.45, 7) is 4.30. The summed E-state index contributed by atoms with van der Waals surface area (Å²) in [5.74, 6) is 1.30. The summed E-state index contributed by atoms with van der Waals surface area (Å²) in [6.07, 6.45) is 1.82. The smallest absolute Gasteiger partial charge is 0.232 e. The predicted molar refractivity (Wildman–Crippen MR) is 119 cm³/mol. The van der Waals surface area contributed by atoms with E-state index >= 15 is 0 Å². The van der Waals surface area contributed by atoms with Gasteiger partial charge in [0, 0.05) is 13.0 Å². The molecule has 0 radical (unpaired) electrons. The van der Waals surface area contributed by atoms with Crippen LogP contribution in [-0.4, -0.2) is 46.9 Å². The zero-order chi connectivity index (χ0) is 22.1. The Morgan fingerprint density at radius 2 is 1.73 bits per heavy atom. The van der Waals surface area contributed by atoms with Gasteiger partial charge in [-0.1, -0.05) is 18.2 Å². The first-order valence-corrected chi connectivity index (χ1v) is 11.6. The Morgan fingerprint density at radius 1 is 1.10 bits per heavy atom. The predicted octanol–water partition coefficient (Wildman–Crippen LogP) is 3.13. The Hall–Kier alpha value is -2.74.